The van der Waals surface area contributed by atoms with Gasteiger partial charge in [-0.2, -0.15) is 0 Å². The van der Waals surface area contributed by atoms with Crippen LogP contribution in [0.4, 0.5) is 5.82 Å². The molecule has 0 saturated heterocycles. The summed E-state index contributed by atoms with van der Waals surface area (Å²) in [5.74, 6) is -1.12. The van der Waals surface area contributed by atoms with Gasteiger partial charge in [-0.3, -0.25) is 9.59 Å². The summed E-state index contributed by atoms with van der Waals surface area (Å²) in [6, 6.07) is 3.78. The smallest absolute Gasteiger partial charge is 0.315 e. The van der Waals surface area contributed by atoms with Crippen LogP contribution < -0.4 is 10.9 Å². The molecule has 0 radical (unpaired) electrons. The van der Waals surface area contributed by atoms with E-state index in [4.69, 9.17) is 4.74 Å². The lowest BCUT2D eigenvalue weighted by atomic mass is 9.81. The molecule has 0 amide bonds. The number of thiophene rings is 1. The molecule has 8 heteroatoms. The van der Waals surface area contributed by atoms with Crippen molar-refractivity contribution in [2.24, 2.45) is 5.92 Å². The number of hydrogen-bond donors (Lipinski definition) is 2. The third-order valence-electron chi connectivity index (χ3n) is 3.73. The predicted octanol–water partition coefficient (Wildman–Crippen LogP) is 2.41. The van der Waals surface area contributed by atoms with Gasteiger partial charge in [0.1, 0.15) is 11.7 Å². The molecule has 2 unspecified atom stereocenters. The van der Waals surface area contributed by atoms with Crippen molar-refractivity contribution in [3.8, 4) is 0 Å². The Kier molecular flexibility index (Phi) is 4.27. The quantitative estimate of drug-likeness (QED) is 0.503. The number of nitrogens with zero attached hydrogens (tertiary/aromatic N) is 1. The van der Waals surface area contributed by atoms with Crippen LogP contribution in [0.5, 0.6) is 0 Å². The van der Waals surface area contributed by atoms with Crippen LogP contribution >= 0.6 is 23.1 Å². The number of aromatic nitrogens is 2. The number of H-pyrrole nitrogens is 1. The molecule has 2 aromatic heterocycles. The van der Waals surface area contributed by atoms with Crippen molar-refractivity contribution in [2.75, 3.05) is 18.7 Å². The first-order valence-corrected chi connectivity index (χ1v) is 8.92. The topological polar surface area (TPSA) is 84.1 Å². The predicted molar refractivity (Wildman–Crippen MR) is 91.1 cm³/mol. The SMILES string of the molecule is C=C1Nc2nc(SC)[nH]c(=O)c2C(c2cccs2)C1C(=O)OC. The van der Waals surface area contributed by atoms with E-state index in [9.17, 15) is 9.59 Å². The standard InChI is InChI=1S/C15H15N3O3S2/c1-7-9(14(20)21-2)10(8-5-4-6-23-8)11-12(16-7)17-15(22-3)18-13(11)19/h4-6,9-10H,1H2,2-3H3,(H2,16,17,18,19). The van der Waals surface area contributed by atoms with Crippen LogP contribution in [-0.4, -0.2) is 29.3 Å². The van der Waals surface area contributed by atoms with Gasteiger partial charge >= 0.3 is 5.97 Å². The Hall–Kier alpha value is -2.06. The molecule has 3 rings (SSSR count). The van der Waals surface area contributed by atoms with E-state index in [-0.39, 0.29) is 5.56 Å². The minimum atomic E-state index is -0.672. The normalized spacial score (nSPS) is 19.8. The summed E-state index contributed by atoms with van der Waals surface area (Å²) in [5, 5.41) is 5.42. The summed E-state index contributed by atoms with van der Waals surface area (Å²) in [6.45, 7) is 3.94. The summed E-state index contributed by atoms with van der Waals surface area (Å²) in [6.07, 6.45) is 1.83. The van der Waals surface area contributed by atoms with Crippen molar-refractivity contribution in [3.05, 3.63) is 50.6 Å². The van der Waals surface area contributed by atoms with E-state index >= 15 is 0 Å². The number of nitrogens with one attached hydrogen (secondary N) is 2. The van der Waals surface area contributed by atoms with Gasteiger partial charge in [0.15, 0.2) is 5.16 Å². The van der Waals surface area contributed by atoms with E-state index in [0.29, 0.717) is 22.2 Å². The lowest BCUT2D eigenvalue weighted by Gasteiger charge is -2.32. The molecule has 2 aromatic rings. The fourth-order valence-electron chi connectivity index (χ4n) is 2.72. The first-order valence-electron chi connectivity index (χ1n) is 6.82. The first kappa shape index (κ1) is 15.8. The molecule has 23 heavy (non-hydrogen) atoms. The molecular formula is C15H15N3O3S2. The molecule has 0 spiro atoms. The highest BCUT2D eigenvalue weighted by molar-refractivity contribution is 7.98. The zero-order valence-electron chi connectivity index (χ0n) is 12.6. The van der Waals surface area contributed by atoms with Gasteiger partial charge in [0.05, 0.1) is 12.7 Å². The van der Waals surface area contributed by atoms with Crippen LogP contribution in [0.1, 0.15) is 16.4 Å². The van der Waals surface area contributed by atoms with Crippen molar-refractivity contribution < 1.29 is 9.53 Å². The number of carbonyl (C=O) groups excluding carboxylic acids is 1. The Bertz CT molecular complexity index is 814. The van der Waals surface area contributed by atoms with Crippen molar-refractivity contribution >= 4 is 34.9 Å². The van der Waals surface area contributed by atoms with Gasteiger partial charge in [-0.05, 0) is 17.7 Å². The number of esters is 1. The van der Waals surface area contributed by atoms with E-state index in [1.807, 2.05) is 23.8 Å². The molecule has 0 saturated carbocycles. The van der Waals surface area contributed by atoms with Crippen LogP contribution in [-0.2, 0) is 9.53 Å². The van der Waals surface area contributed by atoms with Crippen molar-refractivity contribution in [3.63, 3.8) is 0 Å². The third-order valence-corrected chi connectivity index (χ3v) is 5.27. The summed E-state index contributed by atoms with van der Waals surface area (Å²) in [7, 11) is 1.33. The third kappa shape index (κ3) is 2.68. The molecule has 3 heterocycles. The molecule has 2 N–H and O–H groups in total. The van der Waals surface area contributed by atoms with Crippen molar-refractivity contribution in [1.82, 2.24) is 9.97 Å². The van der Waals surface area contributed by atoms with E-state index in [0.717, 1.165) is 4.88 Å². The lowest BCUT2D eigenvalue weighted by molar-refractivity contribution is -0.144. The van der Waals surface area contributed by atoms with Gasteiger partial charge in [0, 0.05) is 16.5 Å². The molecule has 0 aliphatic carbocycles. The molecular weight excluding hydrogens is 334 g/mol. The van der Waals surface area contributed by atoms with E-state index in [1.54, 1.807) is 0 Å². The number of fused-ring (bicyclic) bond motifs is 1. The Morgan fingerprint density at radius 2 is 2.30 bits per heavy atom. The second-order valence-electron chi connectivity index (χ2n) is 4.98. The Labute approximate surface area is 141 Å². The second kappa shape index (κ2) is 6.21. The zero-order chi connectivity index (χ0) is 16.6. The zero-order valence-corrected chi connectivity index (χ0v) is 14.2. The maximum Gasteiger partial charge on any atom is 0.315 e. The second-order valence-corrected chi connectivity index (χ2v) is 6.76. The fourth-order valence-corrected chi connectivity index (χ4v) is 3.97. The molecule has 0 aromatic carbocycles. The summed E-state index contributed by atoms with van der Waals surface area (Å²) < 4.78 is 4.92. The number of rotatable bonds is 3. The van der Waals surface area contributed by atoms with E-state index in [1.165, 1.54) is 30.2 Å². The van der Waals surface area contributed by atoms with E-state index < -0.39 is 17.8 Å². The number of thioether (sulfide) groups is 1. The molecule has 120 valence electrons. The van der Waals surface area contributed by atoms with Gasteiger partial charge in [0.25, 0.3) is 5.56 Å². The van der Waals surface area contributed by atoms with Gasteiger partial charge in [-0.25, -0.2) is 4.98 Å². The van der Waals surface area contributed by atoms with Crippen LogP contribution in [0, 0.1) is 5.92 Å². The maximum absolute atomic E-state index is 12.6. The lowest BCUT2D eigenvalue weighted by Crippen LogP contribution is -2.37. The average molecular weight is 349 g/mol. The summed E-state index contributed by atoms with van der Waals surface area (Å²) in [5.41, 5.74) is 0.660. The summed E-state index contributed by atoms with van der Waals surface area (Å²) >= 11 is 2.82. The van der Waals surface area contributed by atoms with Gasteiger partial charge in [-0.15, -0.1) is 11.3 Å². The van der Waals surface area contributed by atoms with Crippen LogP contribution in [0.2, 0.25) is 0 Å². The van der Waals surface area contributed by atoms with Gasteiger partial charge in [-0.1, -0.05) is 24.4 Å². The first-order chi connectivity index (χ1) is 11.1. The molecule has 0 bridgehead atoms. The molecule has 2 atom stereocenters. The molecule has 0 fully saturated rings. The molecule has 1 aliphatic heterocycles. The highest BCUT2D eigenvalue weighted by Crippen LogP contribution is 2.43. The van der Waals surface area contributed by atoms with Crippen molar-refractivity contribution in [1.29, 1.82) is 0 Å². The molecule has 6 nitrogen and oxygen atoms in total. The number of aromatic amines is 1. The Balaban J connectivity index is 2.24. The minimum absolute atomic E-state index is 0.258. The summed E-state index contributed by atoms with van der Waals surface area (Å²) in [4.78, 5) is 32.9. The van der Waals surface area contributed by atoms with Crippen LogP contribution in [0.15, 0.2) is 39.7 Å². The van der Waals surface area contributed by atoms with Crippen LogP contribution in [0.25, 0.3) is 0 Å². The fraction of sp³-hybridized carbons (Fsp3) is 0.267. The largest absolute Gasteiger partial charge is 0.468 e. The number of ether oxygens (including phenoxy) is 1. The van der Waals surface area contributed by atoms with E-state index in [2.05, 4.69) is 21.9 Å². The average Bonchev–Trinajstić information content (AvgIpc) is 3.06. The monoisotopic (exact) mass is 349 g/mol. The van der Waals surface area contributed by atoms with Crippen molar-refractivity contribution in [2.45, 2.75) is 11.1 Å². The highest BCUT2D eigenvalue weighted by atomic mass is 32.2. The Morgan fingerprint density at radius 1 is 1.52 bits per heavy atom. The maximum atomic E-state index is 12.6. The van der Waals surface area contributed by atoms with Gasteiger partial charge in [0.2, 0.25) is 0 Å². The number of hydrogen-bond acceptors (Lipinski definition) is 7. The number of carbonyl (C=O) groups is 1. The molecule has 1 aliphatic rings. The Morgan fingerprint density at radius 3 is 2.91 bits per heavy atom. The number of anilines is 1. The highest BCUT2D eigenvalue weighted by Gasteiger charge is 2.42. The van der Waals surface area contributed by atoms with Crippen LogP contribution in [0.3, 0.4) is 0 Å². The number of methoxy groups -OCH3 is 1. The van der Waals surface area contributed by atoms with Gasteiger partial charge < -0.3 is 15.0 Å². The minimum Gasteiger partial charge on any atom is -0.468 e.